The number of nitrogens with one attached hydrogen (secondary N) is 1. The maximum absolute atomic E-state index is 13.2. The molecule has 6 heteroatoms. The molecule has 26 heavy (non-hydrogen) atoms. The third-order valence-corrected chi connectivity index (χ3v) is 5.27. The van der Waals surface area contributed by atoms with Crippen molar-refractivity contribution in [1.29, 1.82) is 0 Å². The van der Waals surface area contributed by atoms with Crippen LogP contribution in [0.25, 0.3) is 32.8 Å². The number of oxazole rings is 1. The minimum atomic E-state index is -0.272. The molecule has 4 nitrogen and oxygen atoms in total. The molecule has 0 spiro atoms. The smallest absolute Gasteiger partial charge is 0.183 e. The molecule has 1 atom stereocenters. The van der Waals surface area contributed by atoms with E-state index >= 15 is 0 Å². The van der Waals surface area contributed by atoms with Crippen molar-refractivity contribution in [2.24, 2.45) is 0 Å². The van der Waals surface area contributed by atoms with Crippen LogP contribution in [0.2, 0.25) is 0 Å². The Morgan fingerprint density at radius 1 is 1.15 bits per heavy atom. The zero-order valence-electron chi connectivity index (χ0n) is 14.5. The molecule has 0 amide bonds. The third kappa shape index (κ3) is 3.20. The normalized spacial score (nSPS) is 12.4. The van der Waals surface area contributed by atoms with Gasteiger partial charge in [-0.05, 0) is 55.8 Å². The van der Waals surface area contributed by atoms with Crippen molar-refractivity contribution in [1.82, 2.24) is 9.97 Å². The molecule has 4 aromatic rings. The van der Waals surface area contributed by atoms with E-state index < -0.39 is 0 Å². The van der Waals surface area contributed by atoms with Crippen LogP contribution in [-0.2, 0) is 0 Å². The van der Waals surface area contributed by atoms with Crippen LogP contribution >= 0.6 is 11.3 Å². The highest BCUT2D eigenvalue weighted by Gasteiger charge is 2.15. The summed E-state index contributed by atoms with van der Waals surface area (Å²) in [5.41, 5.74) is 3.39. The molecule has 0 saturated heterocycles. The van der Waals surface area contributed by atoms with Gasteiger partial charge in [-0.2, -0.15) is 0 Å². The minimum Gasteiger partial charge on any atom is -0.443 e. The summed E-state index contributed by atoms with van der Waals surface area (Å²) in [6.07, 6.45) is 2.46. The van der Waals surface area contributed by atoms with Gasteiger partial charge in [-0.3, -0.25) is 0 Å². The molecule has 132 valence electrons. The van der Waals surface area contributed by atoms with E-state index in [1.165, 1.54) is 18.5 Å². The summed E-state index contributed by atoms with van der Waals surface area (Å²) < 4.78 is 19.9. The van der Waals surface area contributed by atoms with Gasteiger partial charge in [0.05, 0.1) is 10.2 Å². The number of anilines is 1. The Bertz CT molecular complexity index is 1040. The second-order valence-corrected chi connectivity index (χ2v) is 7.22. The average Bonchev–Trinajstić information content (AvgIpc) is 3.27. The van der Waals surface area contributed by atoms with Crippen molar-refractivity contribution in [2.75, 3.05) is 5.32 Å². The molecule has 0 radical (unpaired) electrons. The lowest BCUT2D eigenvalue weighted by Gasteiger charge is -2.08. The molecule has 2 heterocycles. The highest BCUT2D eigenvalue weighted by atomic mass is 32.1. The number of halogens is 1. The van der Waals surface area contributed by atoms with Gasteiger partial charge in [-0.25, -0.2) is 14.4 Å². The lowest BCUT2D eigenvalue weighted by Crippen LogP contribution is -2.12. The number of benzene rings is 2. The number of aromatic nitrogens is 2. The van der Waals surface area contributed by atoms with Crippen molar-refractivity contribution in [3.8, 4) is 22.6 Å². The van der Waals surface area contributed by atoms with Crippen LogP contribution in [0.4, 0.5) is 9.52 Å². The Hall–Kier alpha value is -2.73. The average molecular weight is 367 g/mol. The topological polar surface area (TPSA) is 51.0 Å². The van der Waals surface area contributed by atoms with Crippen LogP contribution in [0.3, 0.4) is 0 Å². The van der Waals surface area contributed by atoms with E-state index in [-0.39, 0.29) is 5.82 Å². The molecule has 1 N–H and O–H groups in total. The molecule has 2 aromatic heterocycles. The summed E-state index contributed by atoms with van der Waals surface area (Å²) in [5.74, 6) is 0.398. The number of thiazole rings is 1. The fourth-order valence-corrected chi connectivity index (χ4v) is 3.72. The molecular formula is C20H18FN3OS. The maximum atomic E-state index is 13.2. The van der Waals surface area contributed by atoms with Crippen LogP contribution < -0.4 is 5.32 Å². The molecular weight excluding hydrogens is 349 g/mol. The first-order valence-electron chi connectivity index (χ1n) is 8.51. The van der Waals surface area contributed by atoms with Gasteiger partial charge in [0, 0.05) is 17.2 Å². The summed E-state index contributed by atoms with van der Waals surface area (Å²) in [4.78, 5) is 8.95. The Morgan fingerprint density at radius 2 is 1.92 bits per heavy atom. The second kappa shape index (κ2) is 6.88. The molecule has 4 rings (SSSR count). The van der Waals surface area contributed by atoms with Crippen molar-refractivity contribution in [3.05, 3.63) is 54.7 Å². The number of rotatable bonds is 5. The first-order chi connectivity index (χ1) is 12.6. The first kappa shape index (κ1) is 16.7. The summed E-state index contributed by atoms with van der Waals surface area (Å²) in [6.45, 7) is 4.28. The predicted octanol–water partition coefficient (Wildman–Crippen LogP) is 5.97. The number of nitrogens with zero attached hydrogens (tertiary/aromatic N) is 2. The monoisotopic (exact) mass is 367 g/mol. The molecule has 0 aliphatic carbocycles. The van der Waals surface area contributed by atoms with E-state index in [0.717, 1.165) is 32.9 Å². The molecule has 0 fully saturated rings. The summed E-state index contributed by atoms with van der Waals surface area (Å²) in [5, 5.41) is 4.33. The van der Waals surface area contributed by atoms with Gasteiger partial charge in [0.2, 0.25) is 0 Å². The Kier molecular flexibility index (Phi) is 4.42. The van der Waals surface area contributed by atoms with Crippen LogP contribution in [0.15, 0.2) is 53.3 Å². The van der Waals surface area contributed by atoms with Gasteiger partial charge in [0.25, 0.3) is 0 Å². The van der Waals surface area contributed by atoms with E-state index in [9.17, 15) is 4.39 Å². The maximum Gasteiger partial charge on any atom is 0.183 e. The predicted molar refractivity (Wildman–Crippen MR) is 104 cm³/mol. The molecule has 0 bridgehead atoms. The van der Waals surface area contributed by atoms with Crippen LogP contribution in [0, 0.1) is 5.82 Å². The van der Waals surface area contributed by atoms with E-state index in [0.29, 0.717) is 17.5 Å². The molecule has 0 aliphatic heterocycles. The van der Waals surface area contributed by atoms with Crippen LogP contribution in [0.1, 0.15) is 20.3 Å². The molecule has 0 saturated carbocycles. The molecule has 0 unspecified atom stereocenters. The van der Waals surface area contributed by atoms with Crippen molar-refractivity contribution < 1.29 is 8.81 Å². The van der Waals surface area contributed by atoms with Gasteiger partial charge in [-0.15, -0.1) is 0 Å². The van der Waals surface area contributed by atoms with Crippen LogP contribution in [0.5, 0.6) is 0 Å². The number of hydrogen-bond donors (Lipinski definition) is 1. The van der Waals surface area contributed by atoms with Gasteiger partial charge < -0.3 is 9.73 Å². The van der Waals surface area contributed by atoms with Gasteiger partial charge >= 0.3 is 0 Å². The third-order valence-electron chi connectivity index (χ3n) is 4.32. The number of fused-ring (bicyclic) bond motifs is 1. The summed E-state index contributed by atoms with van der Waals surface area (Å²) >= 11 is 1.62. The number of hydrogen-bond acceptors (Lipinski definition) is 5. The Morgan fingerprint density at radius 3 is 2.69 bits per heavy atom. The van der Waals surface area contributed by atoms with Crippen molar-refractivity contribution >= 4 is 26.7 Å². The van der Waals surface area contributed by atoms with Gasteiger partial charge in [0.1, 0.15) is 11.5 Å². The zero-order valence-corrected chi connectivity index (χ0v) is 15.3. The van der Waals surface area contributed by atoms with Gasteiger partial charge in [-0.1, -0.05) is 18.3 Å². The SMILES string of the molecule is CC[C@@H](C)Nc1nc2ccc(-c3ocnc3-c3ccc(F)cc3)cc2s1. The van der Waals surface area contributed by atoms with E-state index in [4.69, 9.17) is 4.42 Å². The largest absolute Gasteiger partial charge is 0.443 e. The second-order valence-electron chi connectivity index (χ2n) is 6.19. The van der Waals surface area contributed by atoms with E-state index in [1.54, 1.807) is 23.5 Å². The highest BCUT2D eigenvalue weighted by molar-refractivity contribution is 7.22. The van der Waals surface area contributed by atoms with Gasteiger partial charge in [0.15, 0.2) is 17.3 Å². The lowest BCUT2D eigenvalue weighted by atomic mass is 10.1. The lowest BCUT2D eigenvalue weighted by molar-refractivity contribution is 0.572. The zero-order chi connectivity index (χ0) is 18.1. The Balaban J connectivity index is 1.71. The summed E-state index contributed by atoms with van der Waals surface area (Å²) in [6, 6.07) is 12.7. The summed E-state index contributed by atoms with van der Waals surface area (Å²) in [7, 11) is 0. The fraction of sp³-hybridized carbons (Fsp3) is 0.200. The van der Waals surface area contributed by atoms with Crippen molar-refractivity contribution in [3.63, 3.8) is 0 Å². The van der Waals surface area contributed by atoms with E-state index in [2.05, 4.69) is 35.2 Å². The highest BCUT2D eigenvalue weighted by Crippen LogP contribution is 2.35. The minimum absolute atomic E-state index is 0.272. The van der Waals surface area contributed by atoms with Crippen molar-refractivity contribution in [2.45, 2.75) is 26.3 Å². The quantitative estimate of drug-likeness (QED) is 0.472. The molecule has 2 aromatic carbocycles. The molecule has 0 aliphatic rings. The van der Waals surface area contributed by atoms with E-state index in [1.807, 2.05) is 12.1 Å². The Labute approximate surface area is 154 Å². The first-order valence-corrected chi connectivity index (χ1v) is 9.32. The van der Waals surface area contributed by atoms with Crippen LogP contribution in [-0.4, -0.2) is 16.0 Å². The fourth-order valence-electron chi connectivity index (χ4n) is 2.70. The standard InChI is InChI=1S/C20H18FN3OS/c1-3-12(2)23-20-24-16-9-6-14(10-17(16)26-20)19-18(22-11-25-19)13-4-7-15(21)8-5-13/h4-12H,3H2,1-2H3,(H,23,24)/t12-/m1/s1.